The Morgan fingerprint density at radius 3 is 2.76 bits per heavy atom. The maximum atomic E-state index is 12.2. The predicted octanol–water partition coefficient (Wildman–Crippen LogP) is 2.41. The van der Waals surface area contributed by atoms with Gasteiger partial charge < -0.3 is 4.57 Å². The molecule has 1 aromatic heterocycles. The number of rotatable bonds is 3. The molecular formula is C14H14N2O. The summed E-state index contributed by atoms with van der Waals surface area (Å²) in [7, 11) is 1.86. The molecule has 1 aromatic carbocycles. The van der Waals surface area contributed by atoms with Gasteiger partial charge in [0.2, 0.25) is 0 Å². The van der Waals surface area contributed by atoms with Gasteiger partial charge in [-0.2, -0.15) is 0 Å². The van der Waals surface area contributed by atoms with E-state index < -0.39 is 0 Å². The maximum absolute atomic E-state index is 12.2. The molecule has 0 aliphatic heterocycles. The molecular weight excluding hydrogens is 212 g/mol. The lowest BCUT2D eigenvalue weighted by Crippen LogP contribution is -2.08. The van der Waals surface area contributed by atoms with E-state index in [-0.39, 0.29) is 11.7 Å². The van der Waals surface area contributed by atoms with Crippen molar-refractivity contribution in [3.63, 3.8) is 0 Å². The van der Waals surface area contributed by atoms with Gasteiger partial charge in [-0.25, -0.2) is 4.98 Å². The third-order valence-electron chi connectivity index (χ3n) is 3.42. The molecule has 1 heterocycles. The largest absolute Gasteiger partial charge is 0.331 e. The number of hydrogen-bond acceptors (Lipinski definition) is 2. The van der Waals surface area contributed by atoms with Crippen molar-refractivity contribution in [2.75, 3.05) is 0 Å². The molecule has 1 fully saturated rings. The number of benzene rings is 1. The van der Waals surface area contributed by atoms with E-state index in [1.54, 1.807) is 17.1 Å². The highest BCUT2D eigenvalue weighted by Crippen LogP contribution is 2.48. The van der Waals surface area contributed by atoms with Crippen LogP contribution >= 0.6 is 0 Å². The summed E-state index contributed by atoms with van der Waals surface area (Å²) in [6, 6.07) is 10.3. The van der Waals surface area contributed by atoms with Crippen LogP contribution in [0.3, 0.4) is 0 Å². The molecule has 1 aliphatic rings. The first kappa shape index (κ1) is 10.3. The zero-order valence-corrected chi connectivity index (χ0v) is 9.71. The van der Waals surface area contributed by atoms with Gasteiger partial charge in [-0.3, -0.25) is 4.79 Å². The minimum absolute atomic E-state index is 0.146. The molecule has 3 nitrogen and oxygen atoms in total. The summed E-state index contributed by atoms with van der Waals surface area (Å²) in [6.07, 6.45) is 4.30. The SMILES string of the molecule is Cn1cncc1C(=O)C1CC1c1ccccc1. The summed E-state index contributed by atoms with van der Waals surface area (Å²) in [5.41, 5.74) is 1.99. The highest BCUT2D eigenvalue weighted by molar-refractivity contribution is 5.98. The summed E-state index contributed by atoms with van der Waals surface area (Å²) in [4.78, 5) is 16.2. The number of aromatic nitrogens is 2. The molecule has 1 saturated carbocycles. The number of hydrogen-bond donors (Lipinski definition) is 0. The van der Waals surface area contributed by atoms with Crippen molar-refractivity contribution in [3.05, 3.63) is 54.1 Å². The molecule has 3 rings (SSSR count). The number of Topliss-reactive ketones (excluding diaryl/α,β-unsaturated/α-hetero) is 1. The van der Waals surface area contributed by atoms with Crippen LogP contribution in [0, 0.1) is 5.92 Å². The van der Waals surface area contributed by atoms with E-state index >= 15 is 0 Å². The fourth-order valence-corrected chi connectivity index (χ4v) is 2.34. The number of imidazole rings is 1. The van der Waals surface area contributed by atoms with Crippen molar-refractivity contribution in [2.24, 2.45) is 13.0 Å². The van der Waals surface area contributed by atoms with Crippen molar-refractivity contribution >= 4 is 5.78 Å². The normalized spacial score (nSPS) is 22.4. The molecule has 1 aliphatic carbocycles. The first-order valence-corrected chi connectivity index (χ1v) is 5.83. The molecule has 0 bridgehead atoms. The minimum atomic E-state index is 0.146. The van der Waals surface area contributed by atoms with E-state index in [1.165, 1.54) is 5.56 Å². The third kappa shape index (κ3) is 1.78. The quantitative estimate of drug-likeness (QED) is 0.753. The summed E-state index contributed by atoms with van der Waals surface area (Å²) in [5, 5.41) is 0. The Labute approximate surface area is 100 Å². The number of carbonyl (C=O) groups is 1. The Hall–Kier alpha value is -1.90. The van der Waals surface area contributed by atoms with Crippen molar-refractivity contribution in [3.8, 4) is 0 Å². The predicted molar refractivity (Wildman–Crippen MR) is 64.8 cm³/mol. The van der Waals surface area contributed by atoms with Crippen molar-refractivity contribution in [2.45, 2.75) is 12.3 Å². The van der Waals surface area contributed by atoms with Gasteiger partial charge in [-0.1, -0.05) is 30.3 Å². The first-order valence-electron chi connectivity index (χ1n) is 5.83. The molecule has 2 unspecified atom stereocenters. The number of aryl methyl sites for hydroxylation is 1. The molecule has 0 radical (unpaired) electrons. The highest BCUT2D eigenvalue weighted by atomic mass is 16.1. The van der Waals surface area contributed by atoms with E-state index in [0.29, 0.717) is 11.6 Å². The topological polar surface area (TPSA) is 34.9 Å². The van der Waals surface area contributed by atoms with Crippen LogP contribution in [0.4, 0.5) is 0 Å². The smallest absolute Gasteiger partial charge is 0.184 e. The summed E-state index contributed by atoms with van der Waals surface area (Å²) < 4.78 is 1.79. The molecule has 0 N–H and O–H groups in total. The number of carbonyl (C=O) groups excluding carboxylic acids is 1. The van der Waals surface area contributed by atoms with E-state index in [1.807, 2.05) is 25.2 Å². The number of nitrogens with zero attached hydrogens (tertiary/aromatic N) is 2. The van der Waals surface area contributed by atoms with Gasteiger partial charge >= 0.3 is 0 Å². The lowest BCUT2D eigenvalue weighted by Gasteiger charge is -2.01. The zero-order valence-electron chi connectivity index (χ0n) is 9.71. The van der Waals surface area contributed by atoms with Crippen LogP contribution in [-0.2, 0) is 7.05 Å². The molecule has 2 aromatic rings. The molecule has 3 heteroatoms. The van der Waals surface area contributed by atoms with Crippen molar-refractivity contribution in [1.29, 1.82) is 0 Å². The standard InChI is InChI=1S/C14H14N2O/c1-16-9-15-8-13(16)14(17)12-7-11(12)10-5-3-2-4-6-10/h2-6,8-9,11-12H,7H2,1H3. The lowest BCUT2D eigenvalue weighted by molar-refractivity contribution is 0.0957. The van der Waals surface area contributed by atoms with Gasteiger partial charge in [0.15, 0.2) is 5.78 Å². The molecule has 86 valence electrons. The Morgan fingerprint density at radius 2 is 2.12 bits per heavy atom. The third-order valence-corrected chi connectivity index (χ3v) is 3.42. The summed E-state index contributed by atoms with van der Waals surface area (Å²) in [6.45, 7) is 0. The summed E-state index contributed by atoms with van der Waals surface area (Å²) >= 11 is 0. The first-order chi connectivity index (χ1) is 8.27. The van der Waals surface area contributed by atoms with Crippen LogP contribution in [-0.4, -0.2) is 15.3 Å². The van der Waals surface area contributed by atoms with E-state index in [4.69, 9.17) is 0 Å². The van der Waals surface area contributed by atoms with Crippen LogP contribution in [0.2, 0.25) is 0 Å². The van der Waals surface area contributed by atoms with Crippen LogP contribution in [0.25, 0.3) is 0 Å². The van der Waals surface area contributed by atoms with Crippen LogP contribution in [0.1, 0.15) is 28.4 Å². The zero-order chi connectivity index (χ0) is 11.8. The van der Waals surface area contributed by atoms with Crippen LogP contribution < -0.4 is 0 Å². The molecule has 0 spiro atoms. The molecule has 2 atom stereocenters. The second-order valence-corrected chi connectivity index (χ2v) is 4.61. The monoisotopic (exact) mass is 226 g/mol. The average molecular weight is 226 g/mol. The number of ketones is 1. The van der Waals surface area contributed by atoms with Gasteiger partial charge in [0.1, 0.15) is 5.69 Å². The Bertz CT molecular complexity index is 544. The molecule has 0 amide bonds. The maximum Gasteiger partial charge on any atom is 0.184 e. The fourth-order valence-electron chi connectivity index (χ4n) is 2.34. The Balaban J connectivity index is 1.78. The molecule has 17 heavy (non-hydrogen) atoms. The van der Waals surface area contributed by atoms with Crippen molar-refractivity contribution < 1.29 is 4.79 Å². The van der Waals surface area contributed by atoms with E-state index in [9.17, 15) is 4.79 Å². The van der Waals surface area contributed by atoms with Gasteiger partial charge in [-0.15, -0.1) is 0 Å². The minimum Gasteiger partial charge on any atom is -0.331 e. The Kier molecular flexibility index (Phi) is 2.32. The van der Waals surface area contributed by atoms with Crippen LogP contribution in [0.15, 0.2) is 42.9 Å². The van der Waals surface area contributed by atoms with E-state index in [2.05, 4.69) is 17.1 Å². The lowest BCUT2D eigenvalue weighted by atomic mass is 10.1. The van der Waals surface area contributed by atoms with Crippen LogP contribution in [0.5, 0.6) is 0 Å². The fraction of sp³-hybridized carbons (Fsp3) is 0.286. The van der Waals surface area contributed by atoms with Crippen molar-refractivity contribution in [1.82, 2.24) is 9.55 Å². The van der Waals surface area contributed by atoms with Gasteiger partial charge in [0.25, 0.3) is 0 Å². The summed E-state index contributed by atoms with van der Waals surface area (Å²) in [5.74, 6) is 0.769. The highest BCUT2D eigenvalue weighted by Gasteiger charge is 2.44. The second kappa shape index (κ2) is 3.84. The average Bonchev–Trinajstić information content (AvgIpc) is 3.05. The second-order valence-electron chi connectivity index (χ2n) is 4.61. The van der Waals surface area contributed by atoms with Gasteiger partial charge in [-0.05, 0) is 17.9 Å². The van der Waals surface area contributed by atoms with E-state index in [0.717, 1.165) is 6.42 Å². The van der Waals surface area contributed by atoms with Gasteiger partial charge in [0.05, 0.1) is 12.5 Å². The molecule has 0 saturated heterocycles. The van der Waals surface area contributed by atoms with Gasteiger partial charge in [0, 0.05) is 13.0 Å². The Morgan fingerprint density at radius 1 is 1.35 bits per heavy atom.